The quantitative estimate of drug-likeness (QED) is 0.0652. The number of hydrogen-bond donors (Lipinski definition) is 2. The summed E-state index contributed by atoms with van der Waals surface area (Å²) in [6, 6.07) is 20.6. The van der Waals surface area contributed by atoms with Gasteiger partial charge in [0.15, 0.2) is 46.7 Å². The molecule has 2 N–H and O–H groups in total. The number of nitrogens with zero attached hydrogens (tertiary/aromatic N) is 15. The molecule has 0 radical (unpaired) electrons. The number of ether oxygens (including phenoxy) is 4. The fraction of sp³-hybridized carbons (Fsp3) is 0.263. The van der Waals surface area contributed by atoms with Gasteiger partial charge in [0.1, 0.15) is 40.3 Å². The van der Waals surface area contributed by atoms with Crippen LogP contribution in [0.4, 0.5) is 44.3 Å². The third-order valence-electron chi connectivity index (χ3n) is 12.2. The lowest BCUT2D eigenvalue weighted by Gasteiger charge is -2.27. The van der Waals surface area contributed by atoms with Crippen molar-refractivity contribution in [2.75, 3.05) is 13.1 Å². The fourth-order valence-corrected chi connectivity index (χ4v) is 8.63. The number of likely N-dealkylation sites (tertiary alicyclic amines) is 2. The molecule has 2 aliphatic heterocycles. The number of carbonyl (C=O) groups excluding carboxylic acids is 1. The zero-order valence-electron chi connectivity index (χ0n) is 48.0. The number of carboxylic acids is 2. The molecule has 0 bridgehead atoms. The summed E-state index contributed by atoms with van der Waals surface area (Å²) < 4.78 is 139. The molecule has 2 fully saturated rings. The van der Waals surface area contributed by atoms with E-state index in [1.807, 2.05) is 0 Å². The van der Waals surface area contributed by atoms with Crippen LogP contribution in [0.5, 0.6) is 17.2 Å². The molecule has 36 heteroatoms. The smallest absolute Gasteiger partial charge is 0.477 e. The van der Waals surface area contributed by atoms with E-state index in [0.717, 1.165) is 31.4 Å². The van der Waals surface area contributed by atoms with E-state index >= 15 is 0 Å². The molecule has 26 nitrogen and oxygen atoms in total. The summed E-state index contributed by atoms with van der Waals surface area (Å²) in [5.74, 6) is -2.29. The molecule has 2 unspecified atom stereocenters. The zero-order valence-corrected chi connectivity index (χ0v) is 48.8. The number of halogens is 10. The molecule has 484 valence electrons. The van der Waals surface area contributed by atoms with E-state index in [9.17, 15) is 53.9 Å². The number of rotatable bonds is 12. The monoisotopic (exact) mass is 1320 g/mol. The number of aromatic nitrogens is 12. The number of benzene rings is 3. The molecule has 0 spiro atoms. The number of hydrogen-bond acceptors (Lipinski definition) is 23. The number of nitriles is 1. The SMILES string of the molecule is CC(C)(C)OC(=O)N1CCCC1c1noc(-c2ccnc(-c3cccc(OC(F)(F)F)c3)n2)n1.N#CN1CCCC1c1noc(-c2ccnc(-c3cccc(OC(F)(F)F)c3)n2)n1.O=C(O)c1ccnc(-c2cccc(OC(F)(F)F)c2)n1.O=C(O)c1ccnc(Cl)n1. The molecule has 9 aromatic rings. The van der Waals surface area contributed by atoms with Crippen LogP contribution in [-0.4, -0.2) is 136 Å². The van der Waals surface area contributed by atoms with E-state index < -0.39 is 54.5 Å². The van der Waals surface area contributed by atoms with Crippen LogP contribution in [0.2, 0.25) is 5.28 Å². The summed E-state index contributed by atoms with van der Waals surface area (Å²) >= 11 is 5.30. The van der Waals surface area contributed by atoms with E-state index in [0.29, 0.717) is 48.0 Å². The highest BCUT2D eigenvalue weighted by Gasteiger charge is 2.37. The van der Waals surface area contributed by atoms with Crippen LogP contribution < -0.4 is 14.2 Å². The molecular formula is C57H45ClF9N15O11. The van der Waals surface area contributed by atoms with Crippen LogP contribution in [0.3, 0.4) is 0 Å². The minimum absolute atomic E-state index is 0.00229. The van der Waals surface area contributed by atoms with Crippen LogP contribution in [0.25, 0.3) is 57.3 Å². The van der Waals surface area contributed by atoms with Crippen molar-refractivity contribution in [2.45, 2.75) is 83.2 Å². The van der Waals surface area contributed by atoms with E-state index in [4.69, 9.17) is 40.9 Å². The Morgan fingerprint density at radius 3 is 1.39 bits per heavy atom. The molecule has 0 saturated carbocycles. The normalized spacial score (nSPS) is 14.6. The Kier molecular flexibility index (Phi) is 21.3. The average Bonchev–Trinajstić information content (AvgIpc) is 1.87. The lowest BCUT2D eigenvalue weighted by atomic mass is 10.2. The van der Waals surface area contributed by atoms with Gasteiger partial charge in [-0.05, 0) is 119 Å². The third-order valence-corrected chi connectivity index (χ3v) is 12.4. The Morgan fingerprint density at radius 2 is 0.968 bits per heavy atom. The highest BCUT2D eigenvalue weighted by Crippen LogP contribution is 2.35. The lowest BCUT2D eigenvalue weighted by molar-refractivity contribution is -0.275. The highest BCUT2D eigenvalue weighted by molar-refractivity contribution is 6.28. The minimum atomic E-state index is -4.81. The van der Waals surface area contributed by atoms with Gasteiger partial charge in [-0.1, -0.05) is 46.7 Å². The summed E-state index contributed by atoms with van der Waals surface area (Å²) in [6.07, 6.45) is -4.36. The molecule has 11 rings (SSSR count). The van der Waals surface area contributed by atoms with Gasteiger partial charge in [-0.2, -0.15) is 15.2 Å². The molecule has 3 aromatic carbocycles. The topological polar surface area (TPSA) is 340 Å². The maximum absolute atomic E-state index is 12.6. The van der Waals surface area contributed by atoms with Gasteiger partial charge in [0.25, 0.3) is 11.8 Å². The van der Waals surface area contributed by atoms with E-state index in [1.54, 1.807) is 48.8 Å². The minimum Gasteiger partial charge on any atom is -0.477 e. The predicted octanol–water partition coefficient (Wildman–Crippen LogP) is 12.4. The van der Waals surface area contributed by atoms with Crippen LogP contribution in [0.1, 0.15) is 91.2 Å². The summed E-state index contributed by atoms with van der Waals surface area (Å²) in [4.78, 5) is 76.8. The van der Waals surface area contributed by atoms with E-state index in [-0.39, 0.29) is 74.7 Å². The van der Waals surface area contributed by atoms with Gasteiger partial charge in [-0.15, -0.1) is 39.5 Å². The Morgan fingerprint density at radius 1 is 0.559 bits per heavy atom. The summed E-state index contributed by atoms with van der Waals surface area (Å²) in [7, 11) is 0. The standard InChI is InChI=1S/C22H22F3N5O4.C18H13F3N6O2.C12H7F3N2O3.C5H3ClN2O2/c1-21(2,3)33-20(31)30-11-5-8-16(30)18-28-19(34-29-18)15-9-10-26-17(27-15)13-6-4-7-14(12-13)32-22(23,24)25;19-18(20,21)28-12-4-1-3-11(9-12)15-23-7-6-13(24-15)17-25-16(26-29-17)14-5-2-8-27(14)10-22;13-12(14,15)20-8-3-1-2-7(6-8)10-16-5-4-9(17-10)11(18)19;6-5-7-2-1-3(8-5)4(9)10/h4,6-7,9-10,12,16H,5,8,11H2,1-3H3;1,3-4,6-7,9,14H,2,5,8H2;1-6H,(H,18,19);1-2H,(H,9,10). The van der Waals surface area contributed by atoms with Gasteiger partial charge in [0.2, 0.25) is 5.28 Å². The Bertz CT molecular complexity index is 4130. The maximum atomic E-state index is 12.6. The van der Waals surface area contributed by atoms with Crippen molar-refractivity contribution in [3.63, 3.8) is 0 Å². The Balaban J connectivity index is 0.000000171. The molecule has 0 aliphatic carbocycles. The maximum Gasteiger partial charge on any atom is 0.573 e. The Hall–Kier alpha value is -11.2. The van der Waals surface area contributed by atoms with Crippen LogP contribution in [-0.2, 0) is 4.74 Å². The summed E-state index contributed by atoms with van der Waals surface area (Å²) in [5, 5.41) is 34.2. The summed E-state index contributed by atoms with van der Waals surface area (Å²) in [6.45, 7) is 6.52. The van der Waals surface area contributed by atoms with E-state index in [1.165, 1.54) is 91.5 Å². The van der Waals surface area contributed by atoms with Crippen molar-refractivity contribution in [1.29, 1.82) is 5.26 Å². The van der Waals surface area contributed by atoms with Crippen molar-refractivity contribution in [2.24, 2.45) is 0 Å². The Labute approximate surface area is 522 Å². The molecular weight excluding hydrogens is 1280 g/mol. The van der Waals surface area contributed by atoms with E-state index in [2.05, 4.69) is 80.6 Å². The largest absolute Gasteiger partial charge is 0.573 e. The first-order valence-electron chi connectivity index (χ1n) is 26.8. The number of amides is 1. The van der Waals surface area contributed by atoms with Gasteiger partial charge in [0.05, 0.1) is 6.04 Å². The first-order chi connectivity index (χ1) is 44.0. The summed E-state index contributed by atoms with van der Waals surface area (Å²) in [5.41, 5.74) is 0.485. The average molecular weight is 1320 g/mol. The van der Waals surface area contributed by atoms with Crippen molar-refractivity contribution < 1.29 is 92.1 Å². The second-order valence-corrected chi connectivity index (χ2v) is 20.4. The number of aromatic carboxylic acids is 2. The fourth-order valence-electron chi connectivity index (χ4n) is 8.48. The van der Waals surface area contributed by atoms with Crippen molar-refractivity contribution in [3.05, 3.63) is 150 Å². The molecule has 2 saturated heterocycles. The first-order valence-corrected chi connectivity index (χ1v) is 27.2. The molecule has 6 aromatic heterocycles. The van der Waals surface area contributed by atoms with Gasteiger partial charge in [-0.3, -0.25) is 9.80 Å². The van der Waals surface area contributed by atoms with Gasteiger partial charge in [-0.25, -0.2) is 54.3 Å². The first kappa shape index (κ1) is 67.7. The third kappa shape index (κ3) is 19.9. The lowest BCUT2D eigenvalue weighted by Crippen LogP contribution is -2.36. The number of carboxylic acid groups (broad SMARTS) is 2. The predicted molar refractivity (Wildman–Crippen MR) is 299 cm³/mol. The van der Waals surface area contributed by atoms with Crippen molar-refractivity contribution in [3.8, 4) is 80.8 Å². The van der Waals surface area contributed by atoms with Gasteiger partial charge >= 0.3 is 37.1 Å². The van der Waals surface area contributed by atoms with Gasteiger partial charge < -0.3 is 38.2 Å². The number of carbonyl (C=O) groups is 3. The van der Waals surface area contributed by atoms with Crippen molar-refractivity contribution in [1.82, 2.24) is 70.0 Å². The van der Waals surface area contributed by atoms with Crippen LogP contribution in [0.15, 0.2) is 131 Å². The van der Waals surface area contributed by atoms with Crippen LogP contribution >= 0.6 is 11.6 Å². The molecule has 8 heterocycles. The molecule has 93 heavy (non-hydrogen) atoms. The van der Waals surface area contributed by atoms with Crippen molar-refractivity contribution >= 4 is 29.6 Å². The van der Waals surface area contributed by atoms with Gasteiger partial charge in [0, 0.05) is 54.6 Å². The van der Waals surface area contributed by atoms with Crippen LogP contribution in [0, 0.1) is 11.5 Å². The number of alkyl halides is 9. The second kappa shape index (κ2) is 29.2. The highest BCUT2D eigenvalue weighted by atomic mass is 35.5. The zero-order chi connectivity index (χ0) is 67.3. The molecule has 2 atom stereocenters. The molecule has 1 amide bonds. The second-order valence-electron chi connectivity index (χ2n) is 20.0. The molecule has 2 aliphatic rings.